The van der Waals surface area contributed by atoms with Gasteiger partial charge in [-0.3, -0.25) is 0 Å². The van der Waals surface area contributed by atoms with Crippen molar-refractivity contribution in [2.75, 3.05) is 21.3 Å². The summed E-state index contributed by atoms with van der Waals surface area (Å²) in [6.45, 7) is 0. The van der Waals surface area contributed by atoms with E-state index < -0.39 is 0 Å². The molecule has 2 saturated heterocycles. The average Bonchev–Trinajstić information content (AvgIpc) is 3.11. The first-order valence-corrected chi connectivity index (χ1v) is 7.32. The van der Waals surface area contributed by atoms with Crippen LogP contribution in [0.2, 0.25) is 0 Å². The first-order chi connectivity index (χ1) is 9.78. The van der Waals surface area contributed by atoms with E-state index in [1.807, 2.05) is 25.2 Å². The maximum Gasteiger partial charge on any atom is 0.127 e. The van der Waals surface area contributed by atoms with Gasteiger partial charge in [-0.25, -0.2) is 0 Å². The highest BCUT2D eigenvalue weighted by Crippen LogP contribution is 2.48. The summed E-state index contributed by atoms with van der Waals surface area (Å²) in [4.78, 5) is 0. The molecule has 0 aromatic heterocycles. The van der Waals surface area contributed by atoms with Gasteiger partial charge in [-0.2, -0.15) is 0 Å². The molecule has 1 N–H and O–H groups in total. The van der Waals surface area contributed by atoms with Crippen LogP contribution in [0.3, 0.4) is 0 Å². The Balaban J connectivity index is 1.96. The minimum atomic E-state index is 0.205. The standard InChI is InChI=1S/C16H23NO3/c1-17-16(11-9-10-7-8-12(11)20-10)15-13(18-2)5-4-6-14(15)19-3/h4-6,10-12,16-17H,7-9H2,1-3H3. The van der Waals surface area contributed by atoms with Crippen molar-refractivity contribution in [3.05, 3.63) is 23.8 Å². The molecule has 0 radical (unpaired) electrons. The fraction of sp³-hybridized carbons (Fsp3) is 0.625. The summed E-state index contributed by atoms with van der Waals surface area (Å²) in [5, 5.41) is 3.45. The van der Waals surface area contributed by atoms with Crippen LogP contribution in [0.4, 0.5) is 0 Å². The molecule has 2 fully saturated rings. The molecule has 2 aliphatic heterocycles. The lowest BCUT2D eigenvalue weighted by atomic mass is 9.80. The Hall–Kier alpha value is -1.26. The molecule has 0 saturated carbocycles. The Morgan fingerprint density at radius 3 is 2.35 bits per heavy atom. The normalized spacial score (nSPS) is 29.4. The number of benzene rings is 1. The van der Waals surface area contributed by atoms with Crippen molar-refractivity contribution in [2.45, 2.75) is 37.5 Å². The summed E-state index contributed by atoms with van der Waals surface area (Å²) < 4.78 is 17.1. The van der Waals surface area contributed by atoms with Crippen LogP contribution < -0.4 is 14.8 Å². The van der Waals surface area contributed by atoms with Crippen LogP contribution >= 0.6 is 0 Å². The zero-order valence-electron chi connectivity index (χ0n) is 12.4. The van der Waals surface area contributed by atoms with Crippen molar-refractivity contribution in [1.82, 2.24) is 5.32 Å². The number of rotatable bonds is 5. The maximum absolute atomic E-state index is 6.01. The monoisotopic (exact) mass is 277 g/mol. The first-order valence-electron chi connectivity index (χ1n) is 7.32. The SMILES string of the molecule is CNC(c1c(OC)cccc1OC)C1CC2CCC1O2. The smallest absolute Gasteiger partial charge is 0.127 e. The van der Waals surface area contributed by atoms with Crippen molar-refractivity contribution in [1.29, 1.82) is 0 Å². The molecule has 0 spiro atoms. The summed E-state index contributed by atoms with van der Waals surface area (Å²) in [7, 11) is 5.42. The molecule has 2 aliphatic rings. The number of nitrogens with one attached hydrogen (secondary N) is 1. The third kappa shape index (κ3) is 2.17. The van der Waals surface area contributed by atoms with E-state index in [2.05, 4.69) is 5.32 Å². The highest BCUT2D eigenvalue weighted by molar-refractivity contribution is 5.47. The highest BCUT2D eigenvalue weighted by atomic mass is 16.5. The van der Waals surface area contributed by atoms with Crippen molar-refractivity contribution in [2.24, 2.45) is 5.92 Å². The summed E-state index contributed by atoms with van der Waals surface area (Å²) in [5.41, 5.74) is 1.11. The zero-order chi connectivity index (χ0) is 14.1. The lowest BCUT2D eigenvalue weighted by molar-refractivity contribution is 0.0859. The van der Waals surface area contributed by atoms with E-state index in [1.165, 1.54) is 12.8 Å². The maximum atomic E-state index is 6.01. The highest BCUT2D eigenvalue weighted by Gasteiger charge is 2.45. The first kappa shape index (κ1) is 13.7. The lowest BCUT2D eigenvalue weighted by Crippen LogP contribution is -2.32. The molecule has 2 bridgehead atoms. The second kappa shape index (κ2) is 5.62. The predicted molar refractivity (Wildman–Crippen MR) is 77.3 cm³/mol. The molecule has 1 aromatic rings. The molecule has 4 unspecified atom stereocenters. The second-order valence-electron chi connectivity index (χ2n) is 5.62. The molecule has 4 atom stereocenters. The van der Waals surface area contributed by atoms with E-state index in [9.17, 15) is 0 Å². The quantitative estimate of drug-likeness (QED) is 0.898. The number of methoxy groups -OCH3 is 2. The number of hydrogen-bond acceptors (Lipinski definition) is 4. The minimum Gasteiger partial charge on any atom is -0.496 e. The Morgan fingerprint density at radius 1 is 1.20 bits per heavy atom. The number of ether oxygens (including phenoxy) is 3. The molecule has 110 valence electrons. The van der Waals surface area contributed by atoms with E-state index in [4.69, 9.17) is 14.2 Å². The minimum absolute atomic E-state index is 0.205. The van der Waals surface area contributed by atoms with Crippen molar-refractivity contribution < 1.29 is 14.2 Å². The fourth-order valence-electron chi connectivity index (χ4n) is 3.79. The van der Waals surface area contributed by atoms with Crippen LogP contribution in [0.1, 0.15) is 30.9 Å². The van der Waals surface area contributed by atoms with Crippen LogP contribution in [0.15, 0.2) is 18.2 Å². The van der Waals surface area contributed by atoms with Gasteiger partial charge >= 0.3 is 0 Å². The Morgan fingerprint density at radius 2 is 1.90 bits per heavy atom. The average molecular weight is 277 g/mol. The Bertz CT molecular complexity index is 455. The van der Waals surface area contributed by atoms with Gasteiger partial charge < -0.3 is 19.5 Å². The topological polar surface area (TPSA) is 39.7 Å². The second-order valence-corrected chi connectivity index (χ2v) is 5.62. The molecule has 0 amide bonds. The van der Waals surface area contributed by atoms with Gasteiger partial charge in [0, 0.05) is 12.0 Å². The van der Waals surface area contributed by atoms with Crippen LogP contribution in [-0.2, 0) is 4.74 Å². The molecule has 0 aliphatic carbocycles. The molecule has 4 heteroatoms. The van der Waals surface area contributed by atoms with Crippen LogP contribution in [0, 0.1) is 5.92 Å². The molecule has 4 nitrogen and oxygen atoms in total. The molecule has 3 rings (SSSR count). The summed E-state index contributed by atoms with van der Waals surface area (Å²) in [6.07, 6.45) is 4.32. The Kier molecular flexibility index (Phi) is 3.85. The molecule has 20 heavy (non-hydrogen) atoms. The van der Waals surface area contributed by atoms with Gasteiger partial charge in [0.05, 0.1) is 32.0 Å². The van der Waals surface area contributed by atoms with Gasteiger partial charge in [0.15, 0.2) is 0 Å². The van der Waals surface area contributed by atoms with Gasteiger partial charge in [-0.05, 0) is 38.4 Å². The molecule has 2 heterocycles. The van der Waals surface area contributed by atoms with E-state index in [-0.39, 0.29) is 6.04 Å². The molecular weight excluding hydrogens is 254 g/mol. The van der Waals surface area contributed by atoms with Gasteiger partial charge in [-0.15, -0.1) is 0 Å². The third-order valence-corrected chi connectivity index (χ3v) is 4.67. The van der Waals surface area contributed by atoms with Gasteiger partial charge in [-0.1, -0.05) is 6.07 Å². The van der Waals surface area contributed by atoms with Gasteiger partial charge in [0.25, 0.3) is 0 Å². The summed E-state index contributed by atoms with van der Waals surface area (Å²) in [6, 6.07) is 6.16. The molecular formula is C16H23NO3. The van der Waals surface area contributed by atoms with Gasteiger partial charge in [0.1, 0.15) is 11.5 Å². The Labute approximate surface area is 120 Å². The van der Waals surface area contributed by atoms with Crippen LogP contribution in [0.5, 0.6) is 11.5 Å². The van der Waals surface area contributed by atoms with Crippen LogP contribution in [-0.4, -0.2) is 33.5 Å². The van der Waals surface area contributed by atoms with Crippen molar-refractivity contribution in [3.8, 4) is 11.5 Å². The van der Waals surface area contributed by atoms with Crippen LogP contribution in [0.25, 0.3) is 0 Å². The molecule has 1 aromatic carbocycles. The van der Waals surface area contributed by atoms with E-state index >= 15 is 0 Å². The van der Waals surface area contributed by atoms with Crippen molar-refractivity contribution >= 4 is 0 Å². The van der Waals surface area contributed by atoms with E-state index in [0.717, 1.165) is 23.5 Å². The number of fused-ring (bicyclic) bond motifs is 2. The number of hydrogen-bond donors (Lipinski definition) is 1. The zero-order valence-corrected chi connectivity index (χ0v) is 12.4. The predicted octanol–water partition coefficient (Wildman–Crippen LogP) is 2.53. The van der Waals surface area contributed by atoms with E-state index in [0.29, 0.717) is 18.1 Å². The largest absolute Gasteiger partial charge is 0.496 e. The van der Waals surface area contributed by atoms with Gasteiger partial charge in [0.2, 0.25) is 0 Å². The summed E-state index contributed by atoms with van der Waals surface area (Å²) >= 11 is 0. The van der Waals surface area contributed by atoms with Crippen molar-refractivity contribution in [3.63, 3.8) is 0 Å². The lowest BCUT2D eigenvalue weighted by Gasteiger charge is -2.30. The third-order valence-electron chi connectivity index (χ3n) is 4.67. The fourth-order valence-corrected chi connectivity index (χ4v) is 3.79. The summed E-state index contributed by atoms with van der Waals surface area (Å²) in [5.74, 6) is 2.25. The van der Waals surface area contributed by atoms with E-state index in [1.54, 1.807) is 14.2 Å².